The number of nitrogens with zero attached hydrogens (tertiary/aromatic N) is 2. The molecule has 27 heavy (non-hydrogen) atoms. The molecular weight excluding hydrogens is 391 g/mol. The summed E-state index contributed by atoms with van der Waals surface area (Å²) in [4.78, 5) is 16.7. The summed E-state index contributed by atoms with van der Waals surface area (Å²) in [5.74, 6) is 0.283. The molecule has 0 radical (unpaired) electrons. The Labute approximate surface area is 169 Å². The van der Waals surface area contributed by atoms with Crippen LogP contribution < -0.4 is 4.74 Å². The van der Waals surface area contributed by atoms with Gasteiger partial charge in [-0.3, -0.25) is 9.69 Å². The molecule has 1 aromatic carbocycles. The molecule has 1 aromatic rings. The summed E-state index contributed by atoms with van der Waals surface area (Å²) in [6.45, 7) is 6.46. The van der Waals surface area contributed by atoms with E-state index in [2.05, 4.69) is 4.90 Å². The molecule has 3 rings (SSSR count). The van der Waals surface area contributed by atoms with Gasteiger partial charge in [0.25, 0.3) is 5.91 Å². The van der Waals surface area contributed by atoms with E-state index >= 15 is 0 Å². The average molecular weight is 417 g/mol. The third-order valence-corrected chi connectivity index (χ3v) is 6.00. The summed E-state index contributed by atoms with van der Waals surface area (Å²) in [7, 11) is 0. The minimum atomic E-state index is -0.755. The van der Waals surface area contributed by atoms with E-state index in [0.29, 0.717) is 61.5 Å². The minimum absolute atomic E-state index is 0.112. The summed E-state index contributed by atoms with van der Waals surface area (Å²) in [5, 5.41) is 11.6. The van der Waals surface area contributed by atoms with E-state index in [4.69, 9.17) is 32.7 Å². The number of carbonyl (C=O) groups excluding carboxylic acids is 1. The first-order valence-corrected chi connectivity index (χ1v) is 10.1. The molecule has 1 N–H and O–H groups in total. The van der Waals surface area contributed by atoms with E-state index in [9.17, 15) is 9.90 Å². The highest BCUT2D eigenvalue weighted by Crippen LogP contribution is 2.32. The monoisotopic (exact) mass is 416 g/mol. The lowest BCUT2D eigenvalue weighted by molar-refractivity contribution is -0.143. The van der Waals surface area contributed by atoms with Gasteiger partial charge in [0.2, 0.25) is 0 Å². The number of aliphatic hydroxyl groups is 1. The molecule has 1 unspecified atom stereocenters. The molecular formula is C19H26Cl2N2O4. The van der Waals surface area contributed by atoms with Gasteiger partial charge in [-0.1, -0.05) is 29.3 Å². The number of ether oxygens (including phenoxy) is 2. The van der Waals surface area contributed by atoms with Crippen molar-refractivity contribution in [2.45, 2.75) is 31.5 Å². The van der Waals surface area contributed by atoms with Crippen molar-refractivity contribution < 1.29 is 19.4 Å². The van der Waals surface area contributed by atoms with Crippen LogP contribution in [0.5, 0.6) is 5.75 Å². The molecule has 2 fully saturated rings. The van der Waals surface area contributed by atoms with Gasteiger partial charge in [0, 0.05) is 32.7 Å². The van der Waals surface area contributed by atoms with Crippen molar-refractivity contribution in [3.8, 4) is 5.75 Å². The van der Waals surface area contributed by atoms with Crippen molar-refractivity contribution in [3.63, 3.8) is 0 Å². The maximum Gasteiger partial charge on any atom is 0.263 e. The molecule has 0 saturated carbocycles. The van der Waals surface area contributed by atoms with Crippen LogP contribution in [0.3, 0.4) is 0 Å². The Bertz CT molecular complexity index is 659. The Hall–Kier alpha value is -1.05. The predicted molar refractivity (Wildman–Crippen MR) is 105 cm³/mol. The number of hydrogen-bond donors (Lipinski definition) is 1. The molecule has 2 aliphatic heterocycles. The number of amides is 1. The van der Waals surface area contributed by atoms with Crippen molar-refractivity contribution in [3.05, 3.63) is 28.2 Å². The molecule has 0 aliphatic carbocycles. The Morgan fingerprint density at radius 1 is 1.26 bits per heavy atom. The molecule has 2 saturated heterocycles. The molecule has 6 nitrogen and oxygen atoms in total. The lowest BCUT2D eigenvalue weighted by Crippen LogP contribution is -2.55. The third-order valence-electron chi connectivity index (χ3n) is 5.20. The number of carbonyl (C=O) groups is 1. The maximum atomic E-state index is 12.7. The van der Waals surface area contributed by atoms with Crippen LogP contribution >= 0.6 is 23.2 Å². The summed E-state index contributed by atoms with van der Waals surface area (Å²) < 4.78 is 11.1. The predicted octanol–water partition coefficient (Wildman–Crippen LogP) is 2.45. The number of halogens is 2. The van der Waals surface area contributed by atoms with Crippen LogP contribution in [0.25, 0.3) is 0 Å². The number of benzene rings is 1. The number of morpholine rings is 1. The Kier molecular flexibility index (Phi) is 6.87. The highest BCUT2D eigenvalue weighted by Gasteiger charge is 2.37. The van der Waals surface area contributed by atoms with Gasteiger partial charge < -0.3 is 19.5 Å². The fourth-order valence-corrected chi connectivity index (χ4v) is 3.89. The number of piperidine rings is 1. The average Bonchev–Trinajstić information content (AvgIpc) is 2.66. The molecule has 8 heteroatoms. The Morgan fingerprint density at radius 3 is 2.59 bits per heavy atom. The van der Waals surface area contributed by atoms with Gasteiger partial charge in [0.15, 0.2) is 6.10 Å². The van der Waals surface area contributed by atoms with Crippen LogP contribution in [0.1, 0.15) is 19.8 Å². The third kappa shape index (κ3) is 5.27. The van der Waals surface area contributed by atoms with Crippen molar-refractivity contribution in [1.82, 2.24) is 9.80 Å². The largest absolute Gasteiger partial charge is 0.479 e. The van der Waals surface area contributed by atoms with Crippen molar-refractivity contribution in [2.75, 3.05) is 45.9 Å². The number of β-amino-alcohol motifs (C(OH)–C–C–N with tert-alkyl or cyclic N) is 1. The zero-order valence-electron chi connectivity index (χ0n) is 15.5. The highest BCUT2D eigenvalue weighted by atomic mass is 35.5. The molecule has 0 bridgehead atoms. The van der Waals surface area contributed by atoms with Crippen LogP contribution in [0.4, 0.5) is 0 Å². The van der Waals surface area contributed by atoms with Gasteiger partial charge in [0.05, 0.1) is 23.8 Å². The van der Waals surface area contributed by atoms with Gasteiger partial charge in [-0.15, -0.1) is 0 Å². The quantitative estimate of drug-likeness (QED) is 0.798. The van der Waals surface area contributed by atoms with E-state index in [1.165, 1.54) is 0 Å². The topological polar surface area (TPSA) is 62.2 Å². The number of hydrogen-bond acceptors (Lipinski definition) is 5. The molecule has 1 amide bonds. The molecule has 150 valence electrons. The van der Waals surface area contributed by atoms with Gasteiger partial charge in [0.1, 0.15) is 10.8 Å². The fraction of sp³-hybridized carbons (Fsp3) is 0.632. The number of rotatable bonds is 5. The minimum Gasteiger partial charge on any atom is -0.479 e. The summed E-state index contributed by atoms with van der Waals surface area (Å²) in [6.07, 6.45) is 0.438. The zero-order valence-corrected chi connectivity index (χ0v) is 17.0. The normalized spacial score (nSPS) is 21.7. The number of likely N-dealkylation sites (tertiary alicyclic amines) is 1. The lowest BCUT2D eigenvalue weighted by atomic mass is 9.90. The Morgan fingerprint density at radius 2 is 1.93 bits per heavy atom. The van der Waals surface area contributed by atoms with Crippen molar-refractivity contribution in [1.29, 1.82) is 0 Å². The van der Waals surface area contributed by atoms with Crippen LogP contribution in [0.2, 0.25) is 10.0 Å². The van der Waals surface area contributed by atoms with E-state index in [1.807, 2.05) is 0 Å². The van der Waals surface area contributed by atoms with Crippen molar-refractivity contribution in [2.24, 2.45) is 0 Å². The van der Waals surface area contributed by atoms with E-state index in [0.717, 1.165) is 13.1 Å². The molecule has 0 spiro atoms. The summed E-state index contributed by atoms with van der Waals surface area (Å²) >= 11 is 12.1. The molecule has 2 aliphatic rings. The van der Waals surface area contributed by atoms with Gasteiger partial charge in [-0.2, -0.15) is 0 Å². The van der Waals surface area contributed by atoms with E-state index in [1.54, 1.807) is 30.0 Å². The standard InChI is InChI=1S/C19H26Cl2N2O4/c1-14(27-16-4-2-3-15(20)17(16)21)18(24)23-7-5-19(25,6-8-23)13-22-9-11-26-12-10-22/h2-4,14,25H,5-13H2,1H3. The SMILES string of the molecule is CC(Oc1cccc(Cl)c1Cl)C(=O)N1CCC(O)(CN2CCOCC2)CC1. The van der Waals surface area contributed by atoms with Gasteiger partial charge in [-0.25, -0.2) is 0 Å². The van der Waals surface area contributed by atoms with E-state index in [-0.39, 0.29) is 5.91 Å². The second-order valence-electron chi connectivity index (χ2n) is 7.25. The molecule has 1 atom stereocenters. The first-order chi connectivity index (χ1) is 12.9. The first kappa shape index (κ1) is 20.7. The van der Waals surface area contributed by atoms with Crippen LogP contribution in [-0.4, -0.2) is 78.5 Å². The second-order valence-corrected chi connectivity index (χ2v) is 8.04. The van der Waals surface area contributed by atoms with Crippen LogP contribution in [-0.2, 0) is 9.53 Å². The molecule has 0 aromatic heterocycles. The maximum absolute atomic E-state index is 12.7. The zero-order chi connectivity index (χ0) is 19.4. The van der Waals surface area contributed by atoms with E-state index < -0.39 is 11.7 Å². The fourth-order valence-electron chi connectivity index (χ4n) is 3.55. The Balaban J connectivity index is 1.52. The van der Waals surface area contributed by atoms with Gasteiger partial charge >= 0.3 is 0 Å². The van der Waals surface area contributed by atoms with Crippen LogP contribution in [0, 0.1) is 0 Å². The lowest BCUT2D eigenvalue weighted by Gasteiger charge is -2.42. The summed E-state index contributed by atoms with van der Waals surface area (Å²) in [6, 6.07) is 5.09. The second kappa shape index (κ2) is 8.97. The van der Waals surface area contributed by atoms with Gasteiger partial charge in [-0.05, 0) is 31.9 Å². The summed E-state index contributed by atoms with van der Waals surface area (Å²) in [5.41, 5.74) is -0.755. The van der Waals surface area contributed by atoms with Crippen molar-refractivity contribution >= 4 is 29.1 Å². The molecule has 2 heterocycles. The highest BCUT2D eigenvalue weighted by molar-refractivity contribution is 6.42. The first-order valence-electron chi connectivity index (χ1n) is 9.30. The van der Waals surface area contributed by atoms with Crippen LogP contribution in [0.15, 0.2) is 18.2 Å². The smallest absolute Gasteiger partial charge is 0.263 e.